The van der Waals surface area contributed by atoms with E-state index in [4.69, 9.17) is 14.2 Å². The maximum Gasteiger partial charge on any atom is 0.416 e. The van der Waals surface area contributed by atoms with Crippen LogP contribution >= 0.6 is 0 Å². The molecule has 0 aromatic heterocycles. The number of quaternary nitrogens is 2. The van der Waals surface area contributed by atoms with Crippen LogP contribution in [0.1, 0.15) is 162 Å². The molecule has 15 heteroatoms. The Labute approximate surface area is 376 Å². The van der Waals surface area contributed by atoms with Crippen molar-refractivity contribution in [2.45, 2.75) is 174 Å². The van der Waals surface area contributed by atoms with Crippen LogP contribution in [-0.4, -0.2) is 130 Å². The second-order valence-electron chi connectivity index (χ2n) is 17.1. The number of hydrogen-bond acceptors (Lipinski definition) is 9. The number of carbonyl (C=O) groups excluding carboxylic acids is 5. The normalized spacial score (nSPS) is 12.5. The quantitative estimate of drug-likeness (QED) is 0.0277. The van der Waals surface area contributed by atoms with Gasteiger partial charge in [0.1, 0.15) is 32.4 Å². The van der Waals surface area contributed by atoms with Gasteiger partial charge in [-0.05, 0) is 51.4 Å². The molecule has 0 aromatic rings. The Morgan fingerprint density at radius 1 is 0.633 bits per heavy atom. The van der Waals surface area contributed by atoms with Crippen LogP contribution in [-0.2, 0) is 33.4 Å². The molecule has 0 heterocycles. The summed E-state index contributed by atoms with van der Waals surface area (Å²) in [7, 11) is 7.41. The topological polar surface area (TPSA) is 157 Å². The molecule has 3 amide bonds. The molecule has 354 valence electrons. The van der Waals surface area contributed by atoms with Crippen LogP contribution in [0.15, 0.2) is 12.2 Å². The lowest BCUT2D eigenvalue weighted by molar-refractivity contribution is -0.883. The van der Waals surface area contributed by atoms with Crippen LogP contribution in [0.2, 0.25) is 0 Å². The first-order valence-corrected chi connectivity index (χ1v) is 22.6. The van der Waals surface area contributed by atoms with Crippen LogP contribution in [0.25, 0.3) is 0 Å². The molecule has 0 radical (unpaired) electrons. The fourth-order valence-corrected chi connectivity index (χ4v) is 6.49. The Morgan fingerprint density at radius 2 is 1.13 bits per heavy atom. The summed E-state index contributed by atoms with van der Waals surface area (Å²) in [5.74, 6) is -0.869. The predicted octanol–water partition coefficient (Wildman–Crippen LogP) is 1.53. The number of urea groups is 1. The zero-order valence-electron chi connectivity index (χ0n) is 38.7. The lowest BCUT2D eigenvalue weighted by Gasteiger charge is -2.30. The van der Waals surface area contributed by atoms with Crippen molar-refractivity contribution in [3.63, 3.8) is 0 Å². The summed E-state index contributed by atoms with van der Waals surface area (Å²) in [6.45, 7) is 7.85. The van der Waals surface area contributed by atoms with Crippen molar-refractivity contribution in [2.75, 3.05) is 74.1 Å². The molecule has 0 aliphatic heterocycles. The van der Waals surface area contributed by atoms with Gasteiger partial charge >= 0.3 is 23.9 Å². The van der Waals surface area contributed by atoms with Gasteiger partial charge in [-0.1, -0.05) is 103 Å². The third-order valence-corrected chi connectivity index (χ3v) is 10.4. The first-order valence-electron chi connectivity index (χ1n) is 22.6. The third-order valence-electron chi connectivity index (χ3n) is 10.4. The minimum atomic E-state index is -0.751. The largest absolute Gasteiger partial charge is 1.00 e. The van der Waals surface area contributed by atoms with Gasteiger partial charge in [-0.25, -0.2) is 14.1 Å². The highest BCUT2D eigenvalue weighted by molar-refractivity contribution is 5.75. The number of carbonyl (C=O) groups is 5. The average Bonchev–Trinajstić information content (AvgIpc) is 3.14. The second kappa shape index (κ2) is 39.4. The summed E-state index contributed by atoms with van der Waals surface area (Å²) in [6, 6.07) is -0.0507. The van der Waals surface area contributed by atoms with Gasteiger partial charge in [0.2, 0.25) is 5.91 Å². The van der Waals surface area contributed by atoms with Crippen LogP contribution in [0.3, 0.4) is 0 Å². The monoisotopic (exact) mass is 897 g/mol. The van der Waals surface area contributed by atoms with Gasteiger partial charge in [-0.15, -0.1) is 0 Å². The summed E-state index contributed by atoms with van der Waals surface area (Å²) < 4.78 is 16.2. The third kappa shape index (κ3) is 38.5. The van der Waals surface area contributed by atoms with Gasteiger partial charge in [-0.3, -0.25) is 14.4 Å². The van der Waals surface area contributed by atoms with E-state index >= 15 is 0 Å². The highest BCUT2D eigenvalue weighted by atomic mass is 35.5. The summed E-state index contributed by atoms with van der Waals surface area (Å²) >= 11 is 0. The highest BCUT2D eigenvalue weighted by Gasteiger charge is 2.28. The second-order valence-corrected chi connectivity index (χ2v) is 17.1. The SMILES string of the molecule is CCCCCC(OC(=O)C[N+](C)(C)CCOC(C)=O)C(O)C/C=C\CCCCCCCC(=O)NCCCCCCCCCCCCNC(=O)[N+](C)(C)CCOC(C)=O.[Cl-].[Cl-]. The summed E-state index contributed by atoms with van der Waals surface area (Å²) in [5.41, 5.74) is 0. The van der Waals surface area contributed by atoms with Gasteiger partial charge in [0.05, 0.1) is 34.3 Å². The number of aliphatic hydroxyl groups excluding tert-OH is 1. The molecule has 0 aliphatic rings. The van der Waals surface area contributed by atoms with E-state index in [1.807, 2.05) is 34.3 Å². The number of halogens is 2. The molecule has 0 fully saturated rings. The number of allylic oxidation sites excluding steroid dienone is 1. The van der Waals surface area contributed by atoms with E-state index in [-0.39, 0.29) is 78.9 Å². The number of nitrogens with zero attached hydrogens (tertiary/aromatic N) is 2. The number of hydrogen-bond donors (Lipinski definition) is 3. The number of amides is 3. The van der Waals surface area contributed by atoms with Crippen LogP contribution < -0.4 is 35.4 Å². The summed E-state index contributed by atoms with van der Waals surface area (Å²) in [4.78, 5) is 59.3. The molecule has 0 rings (SSSR count). The lowest BCUT2D eigenvalue weighted by atomic mass is 10.0. The number of esters is 3. The van der Waals surface area contributed by atoms with Crippen LogP contribution in [0.4, 0.5) is 4.79 Å². The van der Waals surface area contributed by atoms with Gasteiger partial charge in [0.15, 0.2) is 6.54 Å². The lowest BCUT2D eigenvalue weighted by Crippen LogP contribution is -3.00. The highest BCUT2D eigenvalue weighted by Crippen LogP contribution is 2.16. The number of ether oxygens (including phenoxy) is 3. The number of nitrogens with one attached hydrogen (secondary N) is 2. The average molecular weight is 898 g/mol. The van der Waals surface area contributed by atoms with E-state index in [1.54, 1.807) is 0 Å². The fraction of sp³-hybridized carbons (Fsp3) is 0.844. The van der Waals surface area contributed by atoms with Crippen molar-refractivity contribution >= 4 is 29.8 Å². The summed E-state index contributed by atoms with van der Waals surface area (Å²) in [5, 5.41) is 16.9. The van der Waals surface area contributed by atoms with E-state index in [2.05, 4.69) is 23.6 Å². The number of likely N-dealkylation sites (N-methyl/N-ethyl adjacent to an activating group) is 2. The Hall–Kier alpha value is -2.45. The maximum absolute atomic E-state index is 12.7. The van der Waals surface area contributed by atoms with Gasteiger partial charge in [0, 0.05) is 33.4 Å². The van der Waals surface area contributed by atoms with Crippen molar-refractivity contribution in [1.82, 2.24) is 10.6 Å². The predicted molar refractivity (Wildman–Crippen MR) is 231 cm³/mol. The molecule has 0 aromatic carbocycles. The van der Waals surface area contributed by atoms with Crippen molar-refractivity contribution in [3.05, 3.63) is 12.2 Å². The number of rotatable bonds is 37. The van der Waals surface area contributed by atoms with Gasteiger partial charge in [-0.2, -0.15) is 0 Å². The van der Waals surface area contributed by atoms with Crippen molar-refractivity contribution in [3.8, 4) is 0 Å². The molecule has 0 aliphatic carbocycles. The molecular formula is C45H86Cl2N4O9. The molecular weight excluding hydrogens is 811 g/mol. The minimum absolute atomic E-state index is 0. The van der Waals surface area contributed by atoms with E-state index in [9.17, 15) is 29.1 Å². The Balaban J connectivity index is -0.0000162. The Kier molecular flexibility index (Phi) is 40.6. The maximum atomic E-state index is 12.7. The Morgan fingerprint density at radius 3 is 1.68 bits per heavy atom. The zero-order valence-corrected chi connectivity index (χ0v) is 40.2. The smallest absolute Gasteiger partial charge is 0.416 e. The molecule has 0 saturated heterocycles. The standard InChI is InChI=1S/C45H84N4O9.2ClH/c1-8-9-24-30-42(58-44(54)38-48(4,5)34-36-56-39(2)50)41(52)29-25-20-16-12-13-17-21-26-31-43(53)46-32-27-22-18-14-10-11-15-19-23-28-33-47-45(55)49(6,7)35-37-57-40(3)51;;/h20,25,41-42,52H,8-19,21-24,26-38H2,1-7H3;2*1H/b25-20-;;. The van der Waals surface area contributed by atoms with Crippen LogP contribution in [0, 0.1) is 0 Å². The fourth-order valence-electron chi connectivity index (χ4n) is 6.49. The molecule has 60 heavy (non-hydrogen) atoms. The molecule has 3 N–H and O–H groups in total. The van der Waals surface area contributed by atoms with E-state index in [0.29, 0.717) is 43.4 Å². The van der Waals surface area contributed by atoms with Crippen molar-refractivity contribution in [1.29, 1.82) is 0 Å². The van der Waals surface area contributed by atoms with E-state index in [0.717, 1.165) is 90.0 Å². The molecule has 13 nitrogen and oxygen atoms in total. The molecule has 2 atom stereocenters. The van der Waals surface area contributed by atoms with Crippen LogP contribution in [0.5, 0.6) is 0 Å². The number of aliphatic hydroxyl groups is 1. The summed E-state index contributed by atoms with van der Waals surface area (Å²) in [6.07, 6.45) is 25.2. The van der Waals surface area contributed by atoms with Crippen molar-refractivity contribution < 1.29 is 77.1 Å². The number of unbranched alkanes of at least 4 members (excludes halogenated alkanes) is 16. The molecule has 2 unspecified atom stereocenters. The van der Waals surface area contributed by atoms with Crippen molar-refractivity contribution in [2.24, 2.45) is 0 Å². The molecule has 0 bridgehead atoms. The molecule has 0 saturated carbocycles. The first kappa shape index (κ1) is 61.8. The van der Waals surface area contributed by atoms with Gasteiger partial charge < -0.3 is 59.2 Å². The minimum Gasteiger partial charge on any atom is -1.00 e. The Bertz CT molecular complexity index is 1160. The first-order chi connectivity index (χ1) is 27.6. The van der Waals surface area contributed by atoms with Gasteiger partial charge in [0.25, 0.3) is 0 Å². The molecule has 0 spiro atoms. The van der Waals surface area contributed by atoms with E-state index < -0.39 is 12.2 Å². The van der Waals surface area contributed by atoms with E-state index in [1.165, 1.54) is 52.4 Å². The zero-order chi connectivity index (χ0) is 43.5.